The highest BCUT2D eigenvalue weighted by Gasteiger charge is 1.99. The quantitative estimate of drug-likeness (QED) is 0.344. The molecule has 1 aromatic heterocycles. The van der Waals surface area contributed by atoms with Gasteiger partial charge in [-0.1, -0.05) is 0 Å². The summed E-state index contributed by atoms with van der Waals surface area (Å²) in [6.07, 6.45) is 0. The van der Waals surface area contributed by atoms with Crippen LogP contribution < -0.4 is 22.6 Å². The summed E-state index contributed by atoms with van der Waals surface area (Å²) in [5.41, 5.74) is 7.29. The fourth-order valence-corrected chi connectivity index (χ4v) is 0.686. The summed E-state index contributed by atoms with van der Waals surface area (Å²) in [5.74, 6) is 5.46. The van der Waals surface area contributed by atoms with Crippen LogP contribution in [0.25, 0.3) is 0 Å². The molecule has 1 rings (SSSR count). The molecule has 0 aromatic carbocycles. The lowest BCUT2D eigenvalue weighted by atomic mass is 10.6. The van der Waals surface area contributed by atoms with E-state index in [1.54, 1.807) is 7.05 Å². The van der Waals surface area contributed by atoms with Gasteiger partial charge in [-0.05, 0) is 0 Å². The third kappa shape index (κ3) is 1.30. The molecule has 0 radical (unpaired) electrons. The maximum atomic E-state index is 11.0. The van der Waals surface area contributed by atoms with Gasteiger partial charge in [0.15, 0.2) is 0 Å². The first-order chi connectivity index (χ1) is 5.15. The second kappa shape index (κ2) is 2.59. The van der Waals surface area contributed by atoms with Crippen molar-refractivity contribution in [1.29, 1.82) is 0 Å². The van der Waals surface area contributed by atoms with Gasteiger partial charge < -0.3 is 5.73 Å². The molecule has 0 saturated carbocycles. The Morgan fingerprint density at radius 3 is 2.91 bits per heavy atom. The molecule has 0 aliphatic heterocycles. The summed E-state index contributed by atoms with van der Waals surface area (Å²) in [5, 5.41) is 0. The zero-order valence-corrected chi connectivity index (χ0v) is 6.03. The number of hydrogen-bond acceptors (Lipinski definition) is 5. The number of nitrogen functional groups attached to an aromatic ring is 2. The molecule has 0 unspecified atom stereocenters. The Hall–Kier alpha value is -1.56. The monoisotopic (exact) mass is 155 g/mol. The number of aromatic nitrogens is 2. The first-order valence-corrected chi connectivity index (χ1v) is 2.95. The lowest BCUT2D eigenvalue weighted by molar-refractivity contribution is 0.831. The van der Waals surface area contributed by atoms with Crippen LogP contribution in [-0.4, -0.2) is 9.55 Å². The molecule has 0 saturated heterocycles. The predicted octanol–water partition coefficient (Wildman–Crippen LogP) is -1.35. The second-order valence-corrected chi connectivity index (χ2v) is 2.05. The molecular weight excluding hydrogens is 146 g/mol. The van der Waals surface area contributed by atoms with Gasteiger partial charge >= 0.3 is 0 Å². The van der Waals surface area contributed by atoms with Crippen LogP contribution in [0, 0.1) is 0 Å². The van der Waals surface area contributed by atoms with Crippen molar-refractivity contribution in [2.75, 3.05) is 11.2 Å². The SMILES string of the molecule is Cn1c(NN)nc(N)cc1=O. The number of nitrogens with zero attached hydrogens (tertiary/aromatic N) is 2. The van der Waals surface area contributed by atoms with E-state index in [0.29, 0.717) is 0 Å². The molecule has 60 valence electrons. The molecule has 1 heterocycles. The fraction of sp³-hybridized carbons (Fsp3) is 0.200. The molecule has 5 N–H and O–H groups in total. The Morgan fingerprint density at radius 1 is 1.73 bits per heavy atom. The third-order valence-electron chi connectivity index (χ3n) is 1.28. The first-order valence-electron chi connectivity index (χ1n) is 2.95. The Kier molecular flexibility index (Phi) is 1.77. The first kappa shape index (κ1) is 7.55. The van der Waals surface area contributed by atoms with Gasteiger partial charge in [0.05, 0.1) is 0 Å². The molecule has 11 heavy (non-hydrogen) atoms. The Labute approximate surface area is 62.8 Å². The van der Waals surface area contributed by atoms with E-state index in [2.05, 4.69) is 10.4 Å². The van der Waals surface area contributed by atoms with Crippen LogP contribution in [0.1, 0.15) is 0 Å². The largest absolute Gasteiger partial charge is 0.383 e. The van der Waals surface area contributed by atoms with Crippen molar-refractivity contribution < 1.29 is 0 Å². The maximum Gasteiger partial charge on any atom is 0.256 e. The number of anilines is 2. The number of nitrogens with two attached hydrogens (primary N) is 2. The van der Waals surface area contributed by atoms with Gasteiger partial charge in [0.25, 0.3) is 5.56 Å². The van der Waals surface area contributed by atoms with E-state index in [1.165, 1.54) is 10.6 Å². The third-order valence-corrected chi connectivity index (χ3v) is 1.28. The number of hydrogen-bond donors (Lipinski definition) is 3. The smallest absolute Gasteiger partial charge is 0.256 e. The van der Waals surface area contributed by atoms with Gasteiger partial charge in [0.2, 0.25) is 5.95 Å². The van der Waals surface area contributed by atoms with E-state index in [-0.39, 0.29) is 17.3 Å². The van der Waals surface area contributed by atoms with Crippen LogP contribution >= 0.6 is 0 Å². The number of hydrazine groups is 1. The average molecular weight is 155 g/mol. The van der Waals surface area contributed by atoms with Crippen LogP contribution in [0.4, 0.5) is 11.8 Å². The molecule has 0 fully saturated rings. The second-order valence-electron chi connectivity index (χ2n) is 2.05. The summed E-state index contributed by atoms with van der Waals surface area (Å²) >= 11 is 0. The molecule has 0 atom stereocenters. The van der Waals surface area contributed by atoms with Gasteiger partial charge in [0.1, 0.15) is 5.82 Å². The highest BCUT2D eigenvalue weighted by Crippen LogP contribution is 1.97. The van der Waals surface area contributed by atoms with Gasteiger partial charge in [0, 0.05) is 13.1 Å². The van der Waals surface area contributed by atoms with E-state index < -0.39 is 0 Å². The molecule has 0 spiro atoms. The normalized spacial score (nSPS) is 9.64. The summed E-state index contributed by atoms with van der Waals surface area (Å²) < 4.78 is 1.26. The molecule has 0 bridgehead atoms. The summed E-state index contributed by atoms with van der Waals surface area (Å²) in [6.45, 7) is 0. The van der Waals surface area contributed by atoms with E-state index in [0.717, 1.165) is 0 Å². The lowest BCUT2D eigenvalue weighted by Gasteiger charge is -2.04. The van der Waals surface area contributed by atoms with Crippen molar-refractivity contribution in [1.82, 2.24) is 9.55 Å². The standard InChI is InChI=1S/C5H9N5O/c1-10-4(11)2-3(6)8-5(10)9-7/h2H,6-7H2,1H3,(H,8,9). The predicted molar refractivity (Wildman–Crippen MR) is 41.7 cm³/mol. The van der Waals surface area contributed by atoms with E-state index in [4.69, 9.17) is 11.6 Å². The topological polar surface area (TPSA) is 99.0 Å². The van der Waals surface area contributed by atoms with Crippen molar-refractivity contribution in [3.05, 3.63) is 16.4 Å². The molecule has 0 amide bonds. The summed E-state index contributed by atoms with van der Waals surface area (Å²) in [7, 11) is 1.55. The minimum absolute atomic E-state index is 0.154. The van der Waals surface area contributed by atoms with Crippen molar-refractivity contribution in [2.45, 2.75) is 0 Å². The molecule has 0 aliphatic carbocycles. The van der Waals surface area contributed by atoms with Crippen LogP contribution in [0.3, 0.4) is 0 Å². The molecular formula is C5H9N5O. The van der Waals surface area contributed by atoms with E-state index in [1.807, 2.05) is 0 Å². The fourth-order valence-electron chi connectivity index (χ4n) is 0.686. The van der Waals surface area contributed by atoms with Crippen molar-refractivity contribution in [2.24, 2.45) is 12.9 Å². The Bertz CT molecular complexity index is 317. The van der Waals surface area contributed by atoms with Gasteiger partial charge in [-0.3, -0.25) is 14.8 Å². The van der Waals surface area contributed by atoms with E-state index in [9.17, 15) is 4.79 Å². The van der Waals surface area contributed by atoms with Crippen LogP contribution in [0.2, 0.25) is 0 Å². The van der Waals surface area contributed by atoms with Crippen molar-refractivity contribution >= 4 is 11.8 Å². The van der Waals surface area contributed by atoms with Crippen LogP contribution in [-0.2, 0) is 7.05 Å². The van der Waals surface area contributed by atoms with Crippen LogP contribution in [0.5, 0.6) is 0 Å². The van der Waals surface area contributed by atoms with E-state index >= 15 is 0 Å². The zero-order valence-electron chi connectivity index (χ0n) is 6.03. The van der Waals surface area contributed by atoms with Crippen molar-refractivity contribution in [3.63, 3.8) is 0 Å². The minimum atomic E-state index is -0.245. The lowest BCUT2D eigenvalue weighted by Crippen LogP contribution is -2.24. The Morgan fingerprint density at radius 2 is 2.36 bits per heavy atom. The van der Waals surface area contributed by atoms with Crippen molar-refractivity contribution in [3.8, 4) is 0 Å². The van der Waals surface area contributed by atoms with Crippen LogP contribution in [0.15, 0.2) is 10.9 Å². The van der Waals surface area contributed by atoms with Gasteiger partial charge in [-0.25, -0.2) is 5.84 Å². The minimum Gasteiger partial charge on any atom is -0.383 e. The molecule has 6 heteroatoms. The highest BCUT2D eigenvalue weighted by atomic mass is 16.1. The Balaban J connectivity index is 3.36. The highest BCUT2D eigenvalue weighted by molar-refractivity contribution is 5.35. The molecule has 1 aromatic rings. The summed E-state index contributed by atoms with van der Waals surface area (Å²) in [6, 6.07) is 1.22. The number of nitrogens with one attached hydrogen (secondary N) is 1. The average Bonchev–Trinajstić information content (AvgIpc) is 1.96. The van der Waals surface area contributed by atoms with Gasteiger partial charge in [-0.2, -0.15) is 4.98 Å². The number of rotatable bonds is 1. The summed E-state index contributed by atoms with van der Waals surface area (Å²) in [4.78, 5) is 14.7. The zero-order chi connectivity index (χ0) is 8.43. The molecule has 0 aliphatic rings. The maximum absolute atomic E-state index is 11.0. The van der Waals surface area contributed by atoms with Gasteiger partial charge in [-0.15, -0.1) is 0 Å². The molecule has 6 nitrogen and oxygen atoms in total.